The first-order valence-corrected chi connectivity index (χ1v) is 13.1. The number of carbonyl (C=O) groups is 1. The smallest absolute Gasteiger partial charge is 0.313 e. The summed E-state index contributed by atoms with van der Waals surface area (Å²) in [4.78, 5) is 14.2. The van der Waals surface area contributed by atoms with E-state index in [0.29, 0.717) is 17.5 Å². The van der Waals surface area contributed by atoms with Crippen molar-refractivity contribution in [3.05, 3.63) is 107 Å². The molecule has 1 aliphatic heterocycles. The van der Waals surface area contributed by atoms with Gasteiger partial charge in [0.25, 0.3) is 0 Å². The summed E-state index contributed by atoms with van der Waals surface area (Å²) in [6.45, 7) is 5.96. The first-order chi connectivity index (χ1) is 17.8. The van der Waals surface area contributed by atoms with Crippen LogP contribution in [-0.4, -0.2) is 45.8 Å². The number of hydrogen-bond donors (Lipinski definition) is 3. The van der Waals surface area contributed by atoms with E-state index in [1.165, 1.54) is 28.3 Å². The van der Waals surface area contributed by atoms with Crippen molar-refractivity contribution in [2.24, 2.45) is 0 Å². The molecule has 0 aromatic heterocycles. The van der Waals surface area contributed by atoms with Crippen LogP contribution >= 0.6 is 0 Å². The number of carboxylic acids is 1. The maximum atomic E-state index is 11.8. The van der Waals surface area contributed by atoms with Gasteiger partial charge in [0.15, 0.2) is 0 Å². The Morgan fingerprint density at radius 3 is 2.00 bits per heavy atom. The van der Waals surface area contributed by atoms with Crippen LogP contribution in [0.5, 0.6) is 5.75 Å². The molecular weight excluding hydrogens is 462 g/mol. The molecule has 1 unspecified atom stereocenters. The van der Waals surface area contributed by atoms with Crippen LogP contribution in [0, 0.1) is 0 Å². The molecule has 0 saturated carbocycles. The summed E-state index contributed by atoms with van der Waals surface area (Å²) >= 11 is 0. The van der Waals surface area contributed by atoms with Crippen LogP contribution in [0.15, 0.2) is 84.4 Å². The minimum atomic E-state index is -1.21. The van der Waals surface area contributed by atoms with Crippen molar-refractivity contribution in [1.29, 1.82) is 0 Å². The lowest BCUT2D eigenvalue weighted by atomic mass is 9.79. The Morgan fingerprint density at radius 2 is 1.46 bits per heavy atom. The summed E-state index contributed by atoms with van der Waals surface area (Å²) in [5.41, 5.74) is 4.89. The second-order valence-corrected chi connectivity index (χ2v) is 10.4. The molecular formula is C32H37NO4. The number of aliphatic carboxylic acids is 1. The third kappa shape index (κ3) is 6.12. The SMILES string of the molecule is CC(C)(C(=O)O)c1cccc(O)c1C(O)CCCN1CCC(=C(c2ccccc2)c2ccccc2)CC1. The first-order valence-electron chi connectivity index (χ1n) is 13.1. The van der Waals surface area contributed by atoms with Crippen LogP contribution in [-0.2, 0) is 10.2 Å². The number of phenols is 1. The van der Waals surface area contributed by atoms with Gasteiger partial charge in [0.2, 0.25) is 0 Å². The van der Waals surface area contributed by atoms with Crippen molar-refractivity contribution in [3.8, 4) is 5.75 Å². The molecule has 3 aromatic rings. The van der Waals surface area contributed by atoms with Gasteiger partial charge >= 0.3 is 5.97 Å². The number of hydrogen-bond acceptors (Lipinski definition) is 4. The lowest BCUT2D eigenvalue weighted by Crippen LogP contribution is -2.32. The molecule has 194 valence electrons. The van der Waals surface area contributed by atoms with Crippen LogP contribution in [0.1, 0.15) is 67.9 Å². The average molecular weight is 500 g/mol. The van der Waals surface area contributed by atoms with Crippen LogP contribution in [0.4, 0.5) is 0 Å². The third-order valence-corrected chi connectivity index (χ3v) is 7.51. The summed E-state index contributed by atoms with van der Waals surface area (Å²) in [6.07, 6.45) is 2.29. The highest BCUT2D eigenvalue weighted by atomic mass is 16.4. The zero-order chi connectivity index (χ0) is 26.4. The molecule has 3 aromatic carbocycles. The van der Waals surface area contributed by atoms with E-state index in [1.807, 2.05) is 0 Å². The van der Waals surface area contributed by atoms with Gasteiger partial charge in [-0.15, -0.1) is 0 Å². The van der Waals surface area contributed by atoms with Crippen LogP contribution in [0.25, 0.3) is 5.57 Å². The fraction of sp³-hybridized carbons (Fsp3) is 0.344. The van der Waals surface area contributed by atoms with Gasteiger partial charge in [0.05, 0.1) is 11.5 Å². The van der Waals surface area contributed by atoms with Gasteiger partial charge in [-0.25, -0.2) is 0 Å². The van der Waals surface area contributed by atoms with E-state index in [4.69, 9.17) is 0 Å². The Bertz CT molecular complexity index is 1180. The van der Waals surface area contributed by atoms with Crippen LogP contribution < -0.4 is 0 Å². The topological polar surface area (TPSA) is 81.0 Å². The van der Waals surface area contributed by atoms with Gasteiger partial charge in [-0.05, 0) is 74.4 Å². The summed E-state index contributed by atoms with van der Waals surface area (Å²) < 4.78 is 0. The van der Waals surface area contributed by atoms with E-state index in [9.17, 15) is 20.1 Å². The van der Waals surface area contributed by atoms with E-state index >= 15 is 0 Å². The molecule has 1 fully saturated rings. The molecule has 5 nitrogen and oxygen atoms in total. The van der Waals surface area contributed by atoms with E-state index in [2.05, 4.69) is 65.6 Å². The number of rotatable bonds is 9. The quantitative estimate of drug-likeness (QED) is 0.328. The fourth-order valence-electron chi connectivity index (χ4n) is 5.30. The minimum Gasteiger partial charge on any atom is -0.508 e. The maximum absolute atomic E-state index is 11.8. The molecule has 1 heterocycles. The molecule has 37 heavy (non-hydrogen) atoms. The number of phenolic OH excluding ortho intramolecular Hbond substituents is 1. The Hall–Kier alpha value is -3.41. The van der Waals surface area contributed by atoms with Crippen molar-refractivity contribution in [2.75, 3.05) is 19.6 Å². The van der Waals surface area contributed by atoms with Gasteiger partial charge in [-0.2, -0.15) is 0 Å². The number of nitrogens with zero attached hydrogens (tertiary/aromatic N) is 1. The molecule has 0 bridgehead atoms. The number of aliphatic hydroxyl groups is 1. The Morgan fingerprint density at radius 1 is 0.892 bits per heavy atom. The normalized spacial score (nSPS) is 15.4. The molecule has 0 aliphatic carbocycles. The van der Waals surface area contributed by atoms with Crippen molar-refractivity contribution >= 4 is 11.5 Å². The molecule has 4 rings (SSSR count). The number of piperidine rings is 1. The Labute approximate surface area is 219 Å². The number of benzene rings is 3. The Balaban J connectivity index is 1.40. The van der Waals surface area contributed by atoms with E-state index in [0.717, 1.165) is 38.9 Å². The second kappa shape index (κ2) is 11.8. The van der Waals surface area contributed by atoms with Crippen molar-refractivity contribution in [2.45, 2.75) is 51.0 Å². The van der Waals surface area contributed by atoms with Crippen LogP contribution in [0.3, 0.4) is 0 Å². The molecule has 3 N–H and O–H groups in total. The highest BCUT2D eigenvalue weighted by Crippen LogP contribution is 2.38. The number of likely N-dealkylation sites (tertiary alicyclic amines) is 1. The summed E-state index contributed by atoms with van der Waals surface area (Å²) in [7, 11) is 0. The largest absolute Gasteiger partial charge is 0.508 e. The van der Waals surface area contributed by atoms with Gasteiger partial charge in [-0.1, -0.05) is 78.4 Å². The van der Waals surface area contributed by atoms with Gasteiger partial charge in [-0.3, -0.25) is 4.79 Å². The lowest BCUT2D eigenvalue weighted by molar-refractivity contribution is -0.142. The van der Waals surface area contributed by atoms with Crippen LogP contribution in [0.2, 0.25) is 0 Å². The molecule has 1 atom stereocenters. The molecule has 5 heteroatoms. The molecule has 0 amide bonds. The predicted molar refractivity (Wildman–Crippen MR) is 148 cm³/mol. The first kappa shape index (κ1) is 26.6. The van der Waals surface area contributed by atoms with Gasteiger partial charge in [0, 0.05) is 18.7 Å². The summed E-state index contributed by atoms with van der Waals surface area (Å²) in [5, 5.41) is 31.1. The van der Waals surface area contributed by atoms with Gasteiger partial charge in [0.1, 0.15) is 5.75 Å². The fourth-order valence-corrected chi connectivity index (χ4v) is 5.30. The second-order valence-electron chi connectivity index (χ2n) is 10.4. The number of aromatic hydroxyl groups is 1. The number of aliphatic hydroxyl groups excluding tert-OH is 1. The van der Waals surface area contributed by atoms with Crippen molar-refractivity contribution in [3.63, 3.8) is 0 Å². The maximum Gasteiger partial charge on any atom is 0.313 e. The van der Waals surface area contributed by atoms with E-state index < -0.39 is 17.5 Å². The standard InChI is InChI=1S/C32H37NO4/c1-32(2,31(36)37)26-15-9-16-27(34)30(26)28(35)17-10-20-33-21-18-25(19-22-33)29(23-11-5-3-6-12-23)24-13-7-4-8-14-24/h3-9,11-16,28,34-35H,10,17-22H2,1-2H3,(H,36,37). The zero-order valence-corrected chi connectivity index (χ0v) is 21.7. The van der Waals surface area contributed by atoms with Gasteiger partial charge < -0.3 is 20.2 Å². The highest BCUT2D eigenvalue weighted by Gasteiger charge is 2.34. The highest BCUT2D eigenvalue weighted by molar-refractivity contribution is 5.82. The average Bonchev–Trinajstić information content (AvgIpc) is 2.90. The van der Waals surface area contributed by atoms with Crippen molar-refractivity contribution in [1.82, 2.24) is 4.90 Å². The third-order valence-electron chi connectivity index (χ3n) is 7.51. The molecule has 0 radical (unpaired) electrons. The van der Waals surface area contributed by atoms with E-state index in [1.54, 1.807) is 26.0 Å². The molecule has 1 saturated heterocycles. The zero-order valence-electron chi connectivity index (χ0n) is 21.7. The van der Waals surface area contributed by atoms with E-state index in [-0.39, 0.29) is 5.75 Å². The number of carboxylic acid groups (broad SMARTS) is 1. The minimum absolute atomic E-state index is 0.0542. The molecule has 0 spiro atoms. The van der Waals surface area contributed by atoms with Crippen molar-refractivity contribution < 1.29 is 20.1 Å². The summed E-state index contributed by atoms with van der Waals surface area (Å²) in [6, 6.07) is 26.0. The molecule has 1 aliphatic rings. The summed E-state index contributed by atoms with van der Waals surface area (Å²) in [5.74, 6) is -1.05. The predicted octanol–water partition coefficient (Wildman–Crippen LogP) is 6.17. The Kier molecular flexibility index (Phi) is 8.47. The lowest BCUT2D eigenvalue weighted by Gasteiger charge is -2.31. The monoisotopic (exact) mass is 499 g/mol.